The summed E-state index contributed by atoms with van der Waals surface area (Å²) >= 11 is 0. The maximum atomic E-state index is 14.3. The van der Waals surface area contributed by atoms with Crippen LogP contribution in [0.3, 0.4) is 0 Å². The van der Waals surface area contributed by atoms with Crippen LogP contribution in [0, 0.1) is 41.6 Å². The highest BCUT2D eigenvalue weighted by Crippen LogP contribution is 2.54. The third-order valence-corrected chi connectivity index (χ3v) is 7.27. The largest absolute Gasteiger partial charge is 0.416 e. The molecule has 0 heterocycles. The van der Waals surface area contributed by atoms with E-state index in [9.17, 15) is 28.1 Å². The van der Waals surface area contributed by atoms with Crippen molar-refractivity contribution in [2.75, 3.05) is 0 Å². The van der Waals surface area contributed by atoms with Gasteiger partial charge in [0.1, 0.15) is 5.82 Å². The average molecular weight is 540 g/mol. The maximum absolute atomic E-state index is 14.3. The van der Waals surface area contributed by atoms with Gasteiger partial charge in [-0.1, -0.05) is 30.3 Å². The lowest BCUT2D eigenvalue weighted by atomic mass is 9.95. The molecule has 0 atom stereocenters. The van der Waals surface area contributed by atoms with Crippen LogP contribution in [0.1, 0.15) is 27.8 Å². The van der Waals surface area contributed by atoms with Gasteiger partial charge in [0.05, 0.1) is 30.8 Å². The molecule has 2 aliphatic carbocycles. The third-order valence-electron chi connectivity index (χ3n) is 7.27. The van der Waals surface area contributed by atoms with E-state index in [-0.39, 0.29) is 11.4 Å². The Morgan fingerprint density at radius 1 is 0.585 bits per heavy atom. The quantitative estimate of drug-likeness (QED) is 0.119. The van der Waals surface area contributed by atoms with Gasteiger partial charge in [-0.05, 0) is 98.1 Å². The van der Waals surface area contributed by atoms with Gasteiger partial charge in [0.25, 0.3) is 11.4 Å². The number of nitrogens with zero attached hydrogens (tertiary/aromatic N) is 4. The molecule has 0 radical (unpaired) electrons. The van der Waals surface area contributed by atoms with Gasteiger partial charge >= 0.3 is 6.18 Å². The highest BCUT2D eigenvalue weighted by Gasteiger charge is 2.34. The van der Waals surface area contributed by atoms with E-state index in [0.29, 0.717) is 66.8 Å². The first kappa shape index (κ1) is 25.3. The first-order valence-electron chi connectivity index (χ1n) is 12.0. The Bertz CT molecular complexity index is 2040. The Labute approximate surface area is 231 Å². The molecule has 2 aliphatic rings. The van der Waals surface area contributed by atoms with E-state index in [0.717, 1.165) is 12.1 Å². The molecule has 0 N–H and O–H groups in total. The van der Waals surface area contributed by atoms with E-state index in [1.54, 1.807) is 36.4 Å². The van der Waals surface area contributed by atoms with Crippen LogP contribution in [0.5, 0.6) is 0 Å². The van der Waals surface area contributed by atoms with Crippen molar-refractivity contribution in [3.63, 3.8) is 0 Å². The molecule has 4 nitrogen and oxygen atoms in total. The van der Waals surface area contributed by atoms with Gasteiger partial charge < -0.3 is 0 Å². The fraction of sp³-hybridized carbons (Fsp3) is 0.0303. The third kappa shape index (κ3) is 3.79. The molecule has 4 aromatic carbocycles. The lowest BCUT2D eigenvalue weighted by Gasteiger charge is -2.10. The van der Waals surface area contributed by atoms with Gasteiger partial charge in [0, 0.05) is 11.1 Å². The van der Waals surface area contributed by atoms with Crippen molar-refractivity contribution in [1.29, 1.82) is 10.5 Å². The molecule has 0 aliphatic heterocycles. The number of hydrogen-bond acceptors (Lipinski definition) is 2. The second kappa shape index (κ2) is 9.06. The molecule has 0 unspecified atom stereocenters. The molecule has 0 saturated carbocycles. The lowest BCUT2D eigenvalue weighted by molar-refractivity contribution is -0.137. The van der Waals surface area contributed by atoms with Crippen LogP contribution >= 0.6 is 0 Å². The normalized spacial score (nSPS) is 14.8. The van der Waals surface area contributed by atoms with Crippen molar-refractivity contribution in [2.24, 2.45) is 0 Å². The van der Waals surface area contributed by atoms with Crippen molar-refractivity contribution in [1.82, 2.24) is 0 Å². The van der Waals surface area contributed by atoms with E-state index in [1.807, 2.05) is 12.1 Å². The van der Waals surface area contributed by atoms with Crippen molar-refractivity contribution >= 4 is 11.1 Å². The molecular formula is C33H12F4N4. The molecule has 0 amide bonds. The van der Waals surface area contributed by atoms with Crippen LogP contribution in [0.25, 0.3) is 54.2 Å². The molecule has 6 rings (SSSR count). The molecule has 0 spiro atoms. The van der Waals surface area contributed by atoms with E-state index in [1.165, 1.54) is 24.3 Å². The monoisotopic (exact) mass is 540 g/mol. The summed E-state index contributed by atoms with van der Waals surface area (Å²) in [5.74, 6) is -0.523. The molecular weight excluding hydrogens is 528 g/mol. The fourth-order valence-electron chi connectivity index (χ4n) is 5.51. The molecule has 192 valence electrons. The van der Waals surface area contributed by atoms with E-state index < -0.39 is 17.6 Å². The molecule has 8 heteroatoms. The smallest absolute Gasteiger partial charge is 0.226 e. The Morgan fingerprint density at radius 2 is 1.05 bits per heavy atom. The highest BCUT2D eigenvalue weighted by molar-refractivity contribution is 6.11. The van der Waals surface area contributed by atoms with Gasteiger partial charge in [-0.15, -0.1) is 0 Å². The van der Waals surface area contributed by atoms with E-state index >= 15 is 0 Å². The Morgan fingerprint density at radius 3 is 1.54 bits per heavy atom. The van der Waals surface area contributed by atoms with Crippen molar-refractivity contribution in [3.05, 3.63) is 141 Å². The summed E-state index contributed by atoms with van der Waals surface area (Å²) in [6.07, 6.45) is -4.47. The summed E-state index contributed by atoms with van der Waals surface area (Å²) in [4.78, 5) is 6.82. The van der Waals surface area contributed by atoms with E-state index in [2.05, 4.69) is 9.69 Å². The van der Waals surface area contributed by atoms with Gasteiger partial charge in [-0.2, -0.15) is 13.2 Å². The number of rotatable bonds is 1. The predicted molar refractivity (Wildman–Crippen MR) is 144 cm³/mol. The van der Waals surface area contributed by atoms with Crippen LogP contribution in [0.2, 0.25) is 0 Å². The Balaban J connectivity index is 1.61. The lowest BCUT2D eigenvalue weighted by Crippen LogP contribution is -2.03. The van der Waals surface area contributed by atoms with Gasteiger partial charge in [0.15, 0.2) is 0 Å². The van der Waals surface area contributed by atoms with Crippen LogP contribution < -0.4 is 0 Å². The highest BCUT2D eigenvalue weighted by atomic mass is 19.4. The van der Waals surface area contributed by atoms with Gasteiger partial charge in [0.2, 0.25) is 0 Å². The molecule has 0 fully saturated rings. The van der Waals surface area contributed by atoms with Crippen molar-refractivity contribution in [3.8, 4) is 45.5 Å². The number of alkyl halides is 3. The first-order chi connectivity index (χ1) is 19.7. The summed E-state index contributed by atoms with van der Waals surface area (Å²) in [7, 11) is 0. The zero-order valence-electron chi connectivity index (χ0n) is 20.7. The predicted octanol–water partition coefficient (Wildman–Crippen LogP) is 8.88. The Hall–Kier alpha value is -5.96. The van der Waals surface area contributed by atoms with Gasteiger partial charge in [-0.25, -0.2) is 24.6 Å². The Kier molecular flexibility index (Phi) is 5.60. The zero-order chi connectivity index (χ0) is 29.1. The summed E-state index contributed by atoms with van der Waals surface area (Å²) in [6, 6.07) is 21.5. The molecule has 41 heavy (non-hydrogen) atoms. The van der Waals surface area contributed by atoms with Crippen LogP contribution in [0.4, 0.5) is 17.6 Å². The molecule has 0 saturated heterocycles. The summed E-state index contributed by atoms with van der Waals surface area (Å²) < 4.78 is 53.5. The van der Waals surface area contributed by atoms with Crippen LogP contribution in [0.15, 0.2) is 84.2 Å². The number of nitriles is 2. The summed E-state index contributed by atoms with van der Waals surface area (Å²) in [5, 5.41) is 19.5. The van der Waals surface area contributed by atoms with Crippen LogP contribution in [-0.2, 0) is 6.18 Å². The second-order valence-electron chi connectivity index (χ2n) is 9.36. The maximum Gasteiger partial charge on any atom is 0.416 e. The second-order valence-corrected chi connectivity index (χ2v) is 9.36. The summed E-state index contributed by atoms with van der Waals surface area (Å²) in [6.45, 7) is 15.2. The summed E-state index contributed by atoms with van der Waals surface area (Å²) in [5.41, 5.74) is 5.32. The first-order valence-corrected chi connectivity index (χ1v) is 12.0. The van der Waals surface area contributed by atoms with Crippen molar-refractivity contribution in [2.45, 2.75) is 6.18 Å². The zero-order valence-corrected chi connectivity index (χ0v) is 20.7. The number of fused-ring (bicyclic) bond motifs is 6. The van der Waals surface area contributed by atoms with E-state index in [4.69, 9.17) is 13.1 Å². The van der Waals surface area contributed by atoms with Crippen LogP contribution in [-0.4, -0.2) is 0 Å². The minimum Gasteiger partial charge on any atom is -0.226 e. The topological polar surface area (TPSA) is 56.3 Å². The number of hydrogen-bond donors (Lipinski definition) is 0. The number of allylic oxidation sites excluding steroid dienone is 2. The van der Waals surface area contributed by atoms with Gasteiger partial charge in [-0.3, -0.25) is 0 Å². The molecule has 0 bridgehead atoms. The molecule has 0 aromatic heterocycles. The minimum absolute atomic E-state index is 0.165. The number of benzene rings is 4. The molecule has 4 aromatic rings. The average Bonchev–Trinajstić information content (AvgIpc) is 3.44. The SMILES string of the molecule is [C-]#[N+]/C(C#N)=C1/c2cc(F)ccc2-c2cc3c(cc21)-c1ccc(-c2ccc(C(F)(F)F)cc2)cc1/C3=C(/C#N)[N+]#[C-]. The number of halogens is 4. The fourth-order valence-corrected chi connectivity index (χ4v) is 5.51. The van der Waals surface area contributed by atoms with Crippen molar-refractivity contribution < 1.29 is 17.6 Å². The standard InChI is InChI=1S/C33H12F4N4/c1-40-29(15-38)31-25-11-18(17-3-6-19(7-4-17)33(35,36)37)5-9-21(25)23-13-28-24(14-27(23)31)22-10-8-20(34)12-26(22)32(28)30(16-39)41-2/h3-14H/b31-29+,32-30-. The minimum atomic E-state index is -4.47.